The van der Waals surface area contributed by atoms with Crippen molar-refractivity contribution in [3.63, 3.8) is 0 Å². The SMILES string of the molecule is CN(CC(=O)Nc1ccc(C#N)cc1)CC1CCCCN1. The molecule has 0 spiro atoms. The highest BCUT2D eigenvalue weighted by Gasteiger charge is 2.16. The number of rotatable bonds is 5. The Morgan fingerprint density at radius 2 is 2.19 bits per heavy atom. The first-order chi connectivity index (χ1) is 10.2. The van der Waals surface area contributed by atoms with Crippen molar-refractivity contribution >= 4 is 11.6 Å². The highest BCUT2D eigenvalue weighted by atomic mass is 16.2. The predicted molar refractivity (Wildman–Crippen MR) is 82.9 cm³/mol. The summed E-state index contributed by atoms with van der Waals surface area (Å²) in [6.07, 6.45) is 3.70. The number of piperidine rings is 1. The maximum atomic E-state index is 12.0. The quantitative estimate of drug-likeness (QED) is 0.862. The number of nitrogens with zero attached hydrogens (tertiary/aromatic N) is 2. The fraction of sp³-hybridized carbons (Fsp3) is 0.500. The zero-order chi connectivity index (χ0) is 15.1. The van der Waals surface area contributed by atoms with Crippen LogP contribution in [0.25, 0.3) is 0 Å². The zero-order valence-corrected chi connectivity index (χ0v) is 12.4. The van der Waals surface area contributed by atoms with Gasteiger partial charge in [-0.2, -0.15) is 5.26 Å². The van der Waals surface area contributed by atoms with E-state index in [2.05, 4.69) is 16.7 Å². The summed E-state index contributed by atoms with van der Waals surface area (Å²) in [7, 11) is 1.97. The zero-order valence-electron chi connectivity index (χ0n) is 12.4. The molecule has 2 rings (SSSR count). The van der Waals surface area contributed by atoms with Crippen molar-refractivity contribution in [1.29, 1.82) is 5.26 Å². The van der Waals surface area contributed by atoms with Gasteiger partial charge in [0.1, 0.15) is 0 Å². The van der Waals surface area contributed by atoms with Crippen molar-refractivity contribution in [2.24, 2.45) is 0 Å². The molecule has 1 aromatic rings. The number of amides is 1. The number of likely N-dealkylation sites (N-methyl/N-ethyl adjacent to an activating group) is 1. The van der Waals surface area contributed by atoms with E-state index >= 15 is 0 Å². The molecule has 0 aromatic heterocycles. The molecule has 1 aliphatic heterocycles. The van der Waals surface area contributed by atoms with Gasteiger partial charge in [0.15, 0.2) is 0 Å². The number of hydrogen-bond acceptors (Lipinski definition) is 4. The first-order valence-electron chi connectivity index (χ1n) is 7.39. The average molecular weight is 286 g/mol. The van der Waals surface area contributed by atoms with E-state index in [0.717, 1.165) is 18.8 Å². The van der Waals surface area contributed by atoms with E-state index in [4.69, 9.17) is 5.26 Å². The molecule has 0 saturated carbocycles. The lowest BCUT2D eigenvalue weighted by Crippen LogP contribution is -2.44. The van der Waals surface area contributed by atoms with Crippen molar-refractivity contribution in [1.82, 2.24) is 10.2 Å². The van der Waals surface area contributed by atoms with E-state index in [0.29, 0.717) is 18.2 Å². The number of carbonyl (C=O) groups excluding carboxylic acids is 1. The summed E-state index contributed by atoms with van der Waals surface area (Å²) in [4.78, 5) is 14.0. The number of nitrogens with one attached hydrogen (secondary N) is 2. The van der Waals surface area contributed by atoms with E-state index in [1.54, 1.807) is 24.3 Å². The molecule has 1 fully saturated rings. The Kier molecular flexibility index (Phi) is 5.73. The van der Waals surface area contributed by atoms with Crippen molar-refractivity contribution in [2.45, 2.75) is 25.3 Å². The Bertz CT molecular complexity index is 500. The molecule has 0 radical (unpaired) electrons. The number of anilines is 1. The molecule has 5 heteroatoms. The van der Waals surface area contributed by atoms with Gasteiger partial charge in [0.05, 0.1) is 18.2 Å². The summed E-state index contributed by atoms with van der Waals surface area (Å²) in [5.41, 5.74) is 1.32. The van der Waals surface area contributed by atoms with Gasteiger partial charge in [0, 0.05) is 18.3 Å². The molecular weight excluding hydrogens is 264 g/mol. The van der Waals surface area contributed by atoms with Crippen molar-refractivity contribution < 1.29 is 4.79 Å². The Balaban J connectivity index is 1.76. The topological polar surface area (TPSA) is 68.2 Å². The maximum absolute atomic E-state index is 12.0. The van der Waals surface area contributed by atoms with E-state index in [1.165, 1.54) is 19.3 Å². The van der Waals surface area contributed by atoms with Gasteiger partial charge in [0.2, 0.25) is 5.91 Å². The summed E-state index contributed by atoms with van der Waals surface area (Å²) in [5, 5.41) is 15.1. The summed E-state index contributed by atoms with van der Waals surface area (Å²) in [6, 6.07) is 9.45. The van der Waals surface area contributed by atoms with Crippen LogP contribution < -0.4 is 10.6 Å². The van der Waals surface area contributed by atoms with Crippen LogP contribution >= 0.6 is 0 Å². The molecular formula is C16H22N4O. The van der Waals surface area contributed by atoms with Crippen LogP contribution in [0.5, 0.6) is 0 Å². The third kappa shape index (κ3) is 5.18. The summed E-state index contributed by atoms with van der Waals surface area (Å²) < 4.78 is 0. The standard InChI is InChI=1S/C16H22N4O/c1-20(11-15-4-2-3-9-18-15)12-16(21)19-14-7-5-13(10-17)6-8-14/h5-8,15,18H,2-4,9,11-12H2,1H3,(H,19,21). The third-order valence-electron chi connectivity index (χ3n) is 3.66. The fourth-order valence-electron chi connectivity index (χ4n) is 2.59. The second kappa shape index (κ2) is 7.77. The molecule has 112 valence electrons. The second-order valence-electron chi connectivity index (χ2n) is 5.58. The van der Waals surface area contributed by atoms with Gasteiger partial charge in [-0.05, 0) is 50.7 Å². The lowest BCUT2D eigenvalue weighted by molar-refractivity contribution is -0.117. The summed E-state index contributed by atoms with van der Waals surface area (Å²) in [6.45, 7) is 2.34. The molecule has 5 nitrogen and oxygen atoms in total. The van der Waals surface area contributed by atoms with Crippen LogP contribution in [0.3, 0.4) is 0 Å². The second-order valence-corrected chi connectivity index (χ2v) is 5.58. The minimum atomic E-state index is -0.0296. The molecule has 1 saturated heterocycles. The largest absolute Gasteiger partial charge is 0.325 e. The van der Waals surface area contributed by atoms with Gasteiger partial charge in [0.25, 0.3) is 0 Å². The number of carbonyl (C=O) groups is 1. The molecule has 1 amide bonds. The molecule has 1 aliphatic rings. The van der Waals surface area contributed by atoms with Crippen molar-refractivity contribution in [2.75, 3.05) is 32.0 Å². The van der Waals surface area contributed by atoms with E-state index in [9.17, 15) is 4.79 Å². The lowest BCUT2D eigenvalue weighted by Gasteiger charge is -2.27. The smallest absolute Gasteiger partial charge is 0.238 e. The molecule has 2 N–H and O–H groups in total. The minimum Gasteiger partial charge on any atom is -0.325 e. The Morgan fingerprint density at radius 3 is 2.81 bits per heavy atom. The minimum absolute atomic E-state index is 0.0296. The van der Waals surface area contributed by atoms with E-state index in [1.807, 2.05) is 11.9 Å². The Hall–Kier alpha value is -1.90. The van der Waals surface area contributed by atoms with Gasteiger partial charge in [-0.3, -0.25) is 9.69 Å². The van der Waals surface area contributed by atoms with Crippen LogP contribution in [-0.2, 0) is 4.79 Å². The fourth-order valence-corrected chi connectivity index (χ4v) is 2.59. The molecule has 1 heterocycles. The Morgan fingerprint density at radius 1 is 1.43 bits per heavy atom. The monoisotopic (exact) mass is 286 g/mol. The lowest BCUT2D eigenvalue weighted by atomic mass is 10.0. The molecule has 1 unspecified atom stereocenters. The predicted octanol–water partition coefficient (Wildman–Crippen LogP) is 1.57. The van der Waals surface area contributed by atoms with Crippen LogP contribution in [0.1, 0.15) is 24.8 Å². The van der Waals surface area contributed by atoms with Gasteiger partial charge >= 0.3 is 0 Å². The summed E-state index contributed by atoms with van der Waals surface area (Å²) >= 11 is 0. The van der Waals surface area contributed by atoms with Gasteiger partial charge in [-0.1, -0.05) is 6.42 Å². The first-order valence-corrected chi connectivity index (χ1v) is 7.39. The molecule has 1 atom stereocenters. The highest BCUT2D eigenvalue weighted by molar-refractivity contribution is 5.92. The number of hydrogen-bond donors (Lipinski definition) is 2. The van der Waals surface area contributed by atoms with Crippen molar-refractivity contribution in [3.8, 4) is 6.07 Å². The first kappa shape index (κ1) is 15.5. The normalized spacial score (nSPS) is 18.2. The average Bonchev–Trinajstić information content (AvgIpc) is 2.48. The van der Waals surface area contributed by atoms with Gasteiger partial charge in [-0.25, -0.2) is 0 Å². The molecule has 21 heavy (non-hydrogen) atoms. The summed E-state index contributed by atoms with van der Waals surface area (Å²) in [5.74, 6) is -0.0296. The van der Waals surface area contributed by atoms with Gasteiger partial charge < -0.3 is 10.6 Å². The van der Waals surface area contributed by atoms with Crippen LogP contribution in [0.15, 0.2) is 24.3 Å². The van der Waals surface area contributed by atoms with Gasteiger partial charge in [-0.15, -0.1) is 0 Å². The van der Waals surface area contributed by atoms with Crippen LogP contribution in [0, 0.1) is 11.3 Å². The maximum Gasteiger partial charge on any atom is 0.238 e. The van der Waals surface area contributed by atoms with Crippen LogP contribution in [0.4, 0.5) is 5.69 Å². The molecule has 0 aliphatic carbocycles. The van der Waals surface area contributed by atoms with Crippen LogP contribution in [0.2, 0.25) is 0 Å². The Labute approximate surface area is 125 Å². The molecule has 1 aromatic carbocycles. The van der Waals surface area contributed by atoms with Crippen LogP contribution in [-0.4, -0.2) is 43.5 Å². The highest BCUT2D eigenvalue weighted by Crippen LogP contribution is 2.10. The number of nitriles is 1. The molecule has 0 bridgehead atoms. The number of benzene rings is 1. The third-order valence-corrected chi connectivity index (χ3v) is 3.66. The van der Waals surface area contributed by atoms with E-state index < -0.39 is 0 Å². The van der Waals surface area contributed by atoms with E-state index in [-0.39, 0.29) is 5.91 Å². The van der Waals surface area contributed by atoms with Crippen molar-refractivity contribution in [3.05, 3.63) is 29.8 Å².